The molecule has 0 fully saturated rings. The van der Waals surface area contributed by atoms with Gasteiger partial charge < -0.3 is 10.0 Å². The van der Waals surface area contributed by atoms with E-state index in [1.807, 2.05) is 39.0 Å². The molecule has 1 amide bonds. The van der Waals surface area contributed by atoms with Gasteiger partial charge in [-0.05, 0) is 31.9 Å². The first-order valence-electron chi connectivity index (χ1n) is 6.07. The first kappa shape index (κ1) is 13.7. The highest BCUT2D eigenvalue weighted by Gasteiger charge is 2.16. The van der Waals surface area contributed by atoms with Crippen LogP contribution >= 0.6 is 0 Å². The van der Waals surface area contributed by atoms with Gasteiger partial charge in [0.15, 0.2) is 0 Å². The summed E-state index contributed by atoms with van der Waals surface area (Å²) in [6, 6.07) is 5.83. The van der Waals surface area contributed by atoms with E-state index in [0.717, 1.165) is 23.1 Å². The Morgan fingerprint density at radius 3 is 2.53 bits per heavy atom. The van der Waals surface area contributed by atoms with Gasteiger partial charge in [0, 0.05) is 18.7 Å². The summed E-state index contributed by atoms with van der Waals surface area (Å²) in [5.74, 6) is 0.0124. The van der Waals surface area contributed by atoms with Crippen molar-refractivity contribution in [2.75, 3.05) is 19.7 Å². The maximum Gasteiger partial charge on any atom is 0.254 e. The molecule has 3 heteroatoms. The first-order valence-corrected chi connectivity index (χ1v) is 6.07. The van der Waals surface area contributed by atoms with Crippen LogP contribution in [0.15, 0.2) is 18.2 Å². The molecule has 0 heterocycles. The molecule has 0 aliphatic carbocycles. The summed E-state index contributed by atoms with van der Waals surface area (Å²) in [6.07, 6.45) is 0.899. The number of carbonyl (C=O) groups excluding carboxylic acids is 1. The van der Waals surface area contributed by atoms with Gasteiger partial charge in [0.05, 0.1) is 6.61 Å². The van der Waals surface area contributed by atoms with E-state index < -0.39 is 0 Å². The van der Waals surface area contributed by atoms with Gasteiger partial charge in [-0.3, -0.25) is 4.79 Å². The van der Waals surface area contributed by atoms with Gasteiger partial charge in [0.1, 0.15) is 0 Å². The van der Waals surface area contributed by atoms with Crippen molar-refractivity contribution in [3.8, 4) is 0 Å². The third-order valence-corrected chi connectivity index (χ3v) is 2.76. The zero-order chi connectivity index (χ0) is 12.8. The average molecular weight is 235 g/mol. The van der Waals surface area contributed by atoms with Crippen molar-refractivity contribution in [2.24, 2.45) is 0 Å². The van der Waals surface area contributed by atoms with Crippen LogP contribution in [0.2, 0.25) is 0 Å². The predicted octanol–water partition coefficient (Wildman–Crippen LogP) is 2.15. The highest BCUT2D eigenvalue weighted by Crippen LogP contribution is 2.13. The maximum absolute atomic E-state index is 12.3. The molecular weight excluding hydrogens is 214 g/mol. The van der Waals surface area contributed by atoms with Crippen LogP contribution < -0.4 is 0 Å². The summed E-state index contributed by atoms with van der Waals surface area (Å²) in [7, 11) is 0. The Kier molecular flexibility index (Phi) is 5.16. The lowest BCUT2D eigenvalue weighted by molar-refractivity contribution is 0.0721. The van der Waals surface area contributed by atoms with Crippen molar-refractivity contribution >= 4 is 5.91 Å². The van der Waals surface area contributed by atoms with E-state index in [0.29, 0.717) is 13.1 Å². The Morgan fingerprint density at radius 2 is 2.00 bits per heavy atom. The summed E-state index contributed by atoms with van der Waals surface area (Å²) in [4.78, 5) is 14.0. The van der Waals surface area contributed by atoms with Gasteiger partial charge in [0.2, 0.25) is 0 Å². The molecule has 0 atom stereocenters. The van der Waals surface area contributed by atoms with E-state index in [1.165, 1.54) is 0 Å². The molecule has 0 aliphatic heterocycles. The molecule has 1 aromatic rings. The van der Waals surface area contributed by atoms with Crippen molar-refractivity contribution in [2.45, 2.75) is 27.2 Å². The topological polar surface area (TPSA) is 40.5 Å². The molecule has 0 saturated heterocycles. The smallest absolute Gasteiger partial charge is 0.254 e. The molecule has 0 aromatic heterocycles. The number of aliphatic hydroxyl groups is 1. The second kappa shape index (κ2) is 6.40. The molecule has 0 aliphatic rings. The third-order valence-electron chi connectivity index (χ3n) is 2.76. The molecule has 1 N–H and O–H groups in total. The molecule has 17 heavy (non-hydrogen) atoms. The summed E-state index contributed by atoms with van der Waals surface area (Å²) in [5.41, 5.74) is 2.88. The number of aryl methyl sites for hydroxylation is 2. The van der Waals surface area contributed by atoms with E-state index >= 15 is 0 Å². The second-order valence-corrected chi connectivity index (χ2v) is 4.33. The number of nitrogens with zero attached hydrogens (tertiary/aromatic N) is 1. The lowest BCUT2D eigenvalue weighted by Gasteiger charge is -2.22. The van der Waals surface area contributed by atoms with E-state index in [2.05, 4.69) is 0 Å². The Bertz CT molecular complexity index is 382. The fourth-order valence-electron chi connectivity index (χ4n) is 1.93. The molecule has 3 nitrogen and oxygen atoms in total. The molecule has 1 aromatic carbocycles. The number of aliphatic hydroxyl groups excluding tert-OH is 1. The maximum atomic E-state index is 12.3. The molecule has 0 saturated carbocycles. The number of rotatable bonds is 5. The lowest BCUT2D eigenvalue weighted by Crippen LogP contribution is -2.34. The second-order valence-electron chi connectivity index (χ2n) is 4.33. The molecule has 0 unspecified atom stereocenters. The Labute approximate surface area is 103 Å². The van der Waals surface area contributed by atoms with Crippen LogP contribution in [0.25, 0.3) is 0 Å². The Hall–Kier alpha value is -1.35. The van der Waals surface area contributed by atoms with Crippen LogP contribution in [-0.4, -0.2) is 35.6 Å². The van der Waals surface area contributed by atoms with Crippen LogP contribution in [0.1, 0.15) is 34.8 Å². The van der Waals surface area contributed by atoms with Gasteiger partial charge >= 0.3 is 0 Å². The van der Waals surface area contributed by atoms with E-state index in [9.17, 15) is 4.79 Å². The fraction of sp³-hybridized carbons (Fsp3) is 0.500. The van der Waals surface area contributed by atoms with Gasteiger partial charge in [-0.1, -0.05) is 24.6 Å². The van der Waals surface area contributed by atoms with Crippen LogP contribution in [0.4, 0.5) is 0 Å². The van der Waals surface area contributed by atoms with Crippen molar-refractivity contribution in [3.63, 3.8) is 0 Å². The van der Waals surface area contributed by atoms with Crippen molar-refractivity contribution in [1.82, 2.24) is 4.90 Å². The quantitative estimate of drug-likeness (QED) is 0.849. The van der Waals surface area contributed by atoms with E-state index in [4.69, 9.17) is 5.11 Å². The van der Waals surface area contributed by atoms with E-state index in [1.54, 1.807) is 4.90 Å². The average Bonchev–Trinajstić information content (AvgIpc) is 2.28. The van der Waals surface area contributed by atoms with Crippen molar-refractivity contribution < 1.29 is 9.90 Å². The number of benzene rings is 1. The molecule has 94 valence electrons. The van der Waals surface area contributed by atoms with Crippen LogP contribution in [-0.2, 0) is 0 Å². The SMILES string of the molecule is CCCN(CCO)C(=O)c1ccc(C)cc1C. The fourth-order valence-corrected chi connectivity index (χ4v) is 1.93. The normalized spacial score (nSPS) is 10.4. The Morgan fingerprint density at radius 1 is 1.29 bits per heavy atom. The van der Waals surface area contributed by atoms with Crippen LogP contribution in [0.5, 0.6) is 0 Å². The number of amides is 1. The van der Waals surface area contributed by atoms with Crippen LogP contribution in [0, 0.1) is 13.8 Å². The number of hydrogen-bond donors (Lipinski definition) is 1. The van der Waals surface area contributed by atoms with Gasteiger partial charge in [-0.25, -0.2) is 0 Å². The summed E-state index contributed by atoms with van der Waals surface area (Å²) in [6.45, 7) is 7.09. The van der Waals surface area contributed by atoms with E-state index in [-0.39, 0.29) is 12.5 Å². The molecular formula is C14H21NO2. The zero-order valence-electron chi connectivity index (χ0n) is 10.9. The Balaban J connectivity index is 2.92. The number of carbonyl (C=O) groups is 1. The summed E-state index contributed by atoms with van der Waals surface area (Å²) >= 11 is 0. The number of hydrogen-bond acceptors (Lipinski definition) is 2. The summed E-state index contributed by atoms with van der Waals surface area (Å²) < 4.78 is 0. The molecule has 0 bridgehead atoms. The van der Waals surface area contributed by atoms with Crippen molar-refractivity contribution in [3.05, 3.63) is 34.9 Å². The van der Waals surface area contributed by atoms with Gasteiger partial charge in [-0.15, -0.1) is 0 Å². The predicted molar refractivity (Wildman–Crippen MR) is 69.2 cm³/mol. The minimum Gasteiger partial charge on any atom is -0.395 e. The summed E-state index contributed by atoms with van der Waals surface area (Å²) in [5, 5.41) is 8.98. The largest absolute Gasteiger partial charge is 0.395 e. The van der Waals surface area contributed by atoms with Gasteiger partial charge in [-0.2, -0.15) is 0 Å². The zero-order valence-corrected chi connectivity index (χ0v) is 10.9. The minimum atomic E-state index is 0.0106. The van der Waals surface area contributed by atoms with Crippen LogP contribution in [0.3, 0.4) is 0 Å². The third kappa shape index (κ3) is 3.56. The molecule has 1 rings (SSSR count). The highest BCUT2D eigenvalue weighted by atomic mass is 16.3. The van der Waals surface area contributed by atoms with Crippen molar-refractivity contribution in [1.29, 1.82) is 0 Å². The van der Waals surface area contributed by atoms with Gasteiger partial charge in [0.25, 0.3) is 5.91 Å². The first-order chi connectivity index (χ1) is 8.10. The minimum absolute atomic E-state index is 0.0106. The molecule has 0 spiro atoms. The lowest BCUT2D eigenvalue weighted by atomic mass is 10.0. The highest BCUT2D eigenvalue weighted by molar-refractivity contribution is 5.95. The molecule has 0 radical (unpaired) electrons. The monoisotopic (exact) mass is 235 g/mol. The standard InChI is InChI=1S/C14H21NO2/c1-4-7-15(8-9-16)14(17)13-6-5-11(2)10-12(13)3/h5-6,10,16H,4,7-9H2,1-3H3.